The third kappa shape index (κ3) is 2.21. The molecule has 0 aromatic carbocycles. The summed E-state index contributed by atoms with van der Waals surface area (Å²) in [5.74, 6) is 0. The second-order valence-corrected chi connectivity index (χ2v) is 4.46. The van der Waals surface area contributed by atoms with Gasteiger partial charge in [-0.3, -0.25) is 4.98 Å². The summed E-state index contributed by atoms with van der Waals surface area (Å²) in [6.45, 7) is 6.68. The largest absolute Gasteiger partial charge is 0.396 e. The first-order valence-electron chi connectivity index (χ1n) is 5.17. The fourth-order valence-electron chi connectivity index (χ4n) is 1.91. The third-order valence-corrected chi connectivity index (χ3v) is 2.59. The lowest BCUT2D eigenvalue weighted by molar-refractivity contribution is -0.0276. The summed E-state index contributed by atoms with van der Waals surface area (Å²) in [7, 11) is 0. The number of anilines is 2. The molecule has 0 amide bonds. The summed E-state index contributed by atoms with van der Waals surface area (Å²) < 4.78 is 5.66. The Morgan fingerprint density at radius 2 is 2.33 bits per heavy atom. The summed E-state index contributed by atoms with van der Waals surface area (Å²) in [6, 6.07) is 1.96. The second kappa shape index (κ2) is 3.70. The van der Waals surface area contributed by atoms with E-state index >= 15 is 0 Å². The molecule has 1 aliphatic heterocycles. The number of morpholine rings is 1. The van der Waals surface area contributed by atoms with Gasteiger partial charge >= 0.3 is 0 Å². The standard InChI is InChI=1S/C11H17N3O/c1-11(2)8-14(5-6-15-11)10-3-4-13-7-9(10)12/h3-4,7H,5-6,8,12H2,1-2H3. The van der Waals surface area contributed by atoms with Crippen molar-refractivity contribution in [3.63, 3.8) is 0 Å². The zero-order valence-corrected chi connectivity index (χ0v) is 9.23. The Morgan fingerprint density at radius 1 is 1.53 bits per heavy atom. The summed E-state index contributed by atoms with van der Waals surface area (Å²) in [4.78, 5) is 6.24. The number of rotatable bonds is 1. The van der Waals surface area contributed by atoms with E-state index in [2.05, 4.69) is 23.7 Å². The number of pyridine rings is 1. The quantitative estimate of drug-likeness (QED) is 0.753. The highest BCUT2D eigenvalue weighted by Crippen LogP contribution is 2.26. The minimum atomic E-state index is -0.103. The lowest BCUT2D eigenvalue weighted by Crippen LogP contribution is -2.48. The van der Waals surface area contributed by atoms with E-state index in [1.807, 2.05) is 6.07 Å². The fourth-order valence-corrected chi connectivity index (χ4v) is 1.91. The van der Waals surface area contributed by atoms with Gasteiger partial charge in [-0.25, -0.2) is 0 Å². The predicted molar refractivity (Wildman–Crippen MR) is 60.9 cm³/mol. The van der Waals surface area contributed by atoms with Crippen molar-refractivity contribution in [2.24, 2.45) is 0 Å². The van der Waals surface area contributed by atoms with Gasteiger partial charge < -0.3 is 15.4 Å². The molecule has 4 heteroatoms. The van der Waals surface area contributed by atoms with Gasteiger partial charge in [0.2, 0.25) is 0 Å². The Kier molecular flexibility index (Phi) is 2.52. The molecule has 0 bridgehead atoms. The van der Waals surface area contributed by atoms with Crippen LogP contribution in [0.4, 0.5) is 11.4 Å². The van der Waals surface area contributed by atoms with Crippen molar-refractivity contribution in [2.75, 3.05) is 30.3 Å². The van der Waals surface area contributed by atoms with Gasteiger partial charge in [-0.15, -0.1) is 0 Å². The van der Waals surface area contributed by atoms with Gasteiger partial charge in [-0.2, -0.15) is 0 Å². The van der Waals surface area contributed by atoms with Crippen molar-refractivity contribution in [1.82, 2.24) is 4.98 Å². The van der Waals surface area contributed by atoms with E-state index in [1.54, 1.807) is 12.4 Å². The lowest BCUT2D eigenvalue weighted by Gasteiger charge is -2.39. The van der Waals surface area contributed by atoms with Crippen LogP contribution >= 0.6 is 0 Å². The molecule has 1 aromatic rings. The molecule has 2 rings (SSSR count). The second-order valence-electron chi connectivity index (χ2n) is 4.46. The Hall–Kier alpha value is -1.29. The molecule has 0 saturated carbocycles. The van der Waals surface area contributed by atoms with Crippen LogP contribution in [-0.2, 0) is 4.74 Å². The molecule has 82 valence electrons. The minimum absolute atomic E-state index is 0.103. The number of hydrogen-bond acceptors (Lipinski definition) is 4. The topological polar surface area (TPSA) is 51.4 Å². The van der Waals surface area contributed by atoms with Crippen LogP contribution in [0.15, 0.2) is 18.5 Å². The van der Waals surface area contributed by atoms with Crippen molar-refractivity contribution in [2.45, 2.75) is 19.4 Å². The third-order valence-electron chi connectivity index (χ3n) is 2.59. The molecule has 0 radical (unpaired) electrons. The van der Waals surface area contributed by atoms with Crippen LogP contribution < -0.4 is 10.6 Å². The number of nitrogens with two attached hydrogens (primary N) is 1. The first kappa shape index (κ1) is 10.2. The average Bonchev–Trinajstić information content (AvgIpc) is 2.17. The maximum atomic E-state index is 5.89. The Morgan fingerprint density at radius 3 is 3.00 bits per heavy atom. The number of aromatic nitrogens is 1. The molecule has 0 unspecified atom stereocenters. The van der Waals surface area contributed by atoms with E-state index in [-0.39, 0.29) is 5.60 Å². The van der Waals surface area contributed by atoms with Gasteiger partial charge in [-0.05, 0) is 19.9 Å². The molecule has 4 nitrogen and oxygen atoms in total. The van der Waals surface area contributed by atoms with Crippen molar-refractivity contribution < 1.29 is 4.74 Å². The number of nitrogens with zero attached hydrogens (tertiary/aromatic N) is 2. The number of ether oxygens (including phenoxy) is 1. The van der Waals surface area contributed by atoms with Crippen LogP contribution in [0.25, 0.3) is 0 Å². The van der Waals surface area contributed by atoms with Crippen molar-refractivity contribution in [3.05, 3.63) is 18.5 Å². The molecular formula is C11H17N3O. The van der Waals surface area contributed by atoms with E-state index in [4.69, 9.17) is 10.5 Å². The highest BCUT2D eigenvalue weighted by Gasteiger charge is 2.27. The number of nitrogen functional groups attached to an aromatic ring is 1. The highest BCUT2D eigenvalue weighted by molar-refractivity contribution is 5.66. The maximum absolute atomic E-state index is 5.89. The summed E-state index contributed by atoms with van der Waals surface area (Å²) in [5, 5.41) is 0. The Bertz CT molecular complexity index is 351. The van der Waals surface area contributed by atoms with Crippen LogP contribution in [-0.4, -0.2) is 30.3 Å². The minimum Gasteiger partial charge on any atom is -0.396 e. The summed E-state index contributed by atoms with van der Waals surface area (Å²) in [5.41, 5.74) is 7.58. The SMILES string of the molecule is CC1(C)CN(c2ccncc2N)CCO1. The molecule has 2 N–H and O–H groups in total. The van der Waals surface area contributed by atoms with E-state index in [9.17, 15) is 0 Å². The van der Waals surface area contributed by atoms with Crippen LogP contribution in [0.5, 0.6) is 0 Å². The molecule has 1 aliphatic rings. The van der Waals surface area contributed by atoms with Crippen molar-refractivity contribution in [1.29, 1.82) is 0 Å². The van der Waals surface area contributed by atoms with Gasteiger partial charge in [0.25, 0.3) is 0 Å². The summed E-state index contributed by atoms with van der Waals surface area (Å²) >= 11 is 0. The van der Waals surface area contributed by atoms with Crippen molar-refractivity contribution in [3.8, 4) is 0 Å². The molecule has 15 heavy (non-hydrogen) atoms. The lowest BCUT2D eigenvalue weighted by atomic mass is 10.1. The van der Waals surface area contributed by atoms with Gasteiger partial charge in [0, 0.05) is 19.3 Å². The molecule has 1 fully saturated rings. The van der Waals surface area contributed by atoms with E-state index in [0.717, 1.165) is 31.1 Å². The summed E-state index contributed by atoms with van der Waals surface area (Å²) in [6.07, 6.45) is 3.46. The average molecular weight is 207 g/mol. The highest BCUT2D eigenvalue weighted by atomic mass is 16.5. The van der Waals surface area contributed by atoms with Gasteiger partial charge in [0.15, 0.2) is 0 Å². The predicted octanol–water partition coefficient (Wildman–Crippen LogP) is 1.28. The van der Waals surface area contributed by atoms with Gasteiger partial charge in [0.05, 0.1) is 29.8 Å². The van der Waals surface area contributed by atoms with Crippen LogP contribution in [0.3, 0.4) is 0 Å². The number of hydrogen-bond donors (Lipinski definition) is 1. The van der Waals surface area contributed by atoms with E-state index < -0.39 is 0 Å². The molecule has 2 heterocycles. The van der Waals surface area contributed by atoms with Crippen LogP contribution in [0.1, 0.15) is 13.8 Å². The molecule has 1 saturated heterocycles. The molecule has 0 atom stereocenters. The maximum Gasteiger partial charge on any atom is 0.0801 e. The molecular weight excluding hydrogens is 190 g/mol. The first-order chi connectivity index (χ1) is 7.08. The van der Waals surface area contributed by atoms with Crippen molar-refractivity contribution >= 4 is 11.4 Å². The monoisotopic (exact) mass is 207 g/mol. The molecule has 1 aromatic heterocycles. The fraction of sp³-hybridized carbons (Fsp3) is 0.545. The first-order valence-corrected chi connectivity index (χ1v) is 5.17. The van der Waals surface area contributed by atoms with E-state index in [1.165, 1.54) is 0 Å². The Labute approximate surface area is 90.0 Å². The van der Waals surface area contributed by atoms with Gasteiger partial charge in [-0.1, -0.05) is 0 Å². The smallest absolute Gasteiger partial charge is 0.0801 e. The zero-order valence-electron chi connectivity index (χ0n) is 9.23. The normalized spacial score (nSPS) is 20.3. The zero-order chi connectivity index (χ0) is 10.9. The molecule has 0 spiro atoms. The molecule has 0 aliphatic carbocycles. The van der Waals surface area contributed by atoms with Gasteiger partial charge in [0.1, 0.15) is 0 Å². The van der Waals surface area contributed by atoms with E-state index in [0.29, 0.717) is 0 Å². The Balaban J connectivity index is 2.21. The van der Waals surface area contributed by atoms with Crippen LogP contribution in [0, 0.1) is 0 Å². The van der Waals surface area contributed by atoms with Crippen LogP contribution in [0.2, 0.25) is 0 Å².